The molecule has 0 aliphatic heterocycles. The summed E-state index contributed by atoms with van der Waals surface area (Å²) >= 11 is 6.13. The zero-order valence-electron chi connectivity index (χ0n) is 12.3. The van der Waals surface area contributed by atoms with Gasteiger partial charge in [-0.25, -0.2) is 0 Å². The Bertz CT molecular complexity index is 609. The molecule has 2 aromatic carbocycles. The third kappa shape index (κ3) is 3.07. The number of nitrogen functional groups attached to an aromatic ring is 1. The summed E-state index contributed by atoms with van der Waals surface area (Å²) in [6.07, 6.45) is 0. The summed E-state index contributed by atoms with van der Waals surface area (Å²) in [5.41, 5.74) is 8.90. The highest BCUT2D eigenvalue weighted by atomic mass is 35.5. The Balaban J connectivity index is 2.36. The molecule has 106 valence electrons. The van der Waals surface area contributed by atoms with E-state index < -0.39 is 0 Å². The van der Waals surface area contributed by atoms with Gasteiger partial charge in [-0.05, 0) is 41.7 Å². The quantitative estimate of drug-likeness (QED) is 0.759. The first kappa shape index (κ1) is 14.7. The van der Waals surface area contributed by atoms with E-state index in [-0.39, 0.29) is 5.41 Å². The molecule has 0 saturated heterocycles. The highest BCUT2D eigenvalue weighted by Crippen LogP contribution is 2.36. The molecule has 2 rings (SSSR count). The molecule has 0 aliphatic rings. The van der Waals surface area contributed by atoms with Gasteiger partial charge in [0.05, 0.1) is 10.7 Å². The Labute approximate surface area is 125 Å². The number of halogens is 1. The second kappa shape index (κ2) is 5.37. The number of rotatable bonds is 2. The van der Waals surface area contributed by atoms with Gasteiger partial charge in [-0.15, -0.1) is 0 Å². The molecule has 0 atom stereocenters. The molecule has 0 aromatic heterocycles. The normalized spacial score (nSPS) is 11.4. The molecule has 0 saturated carbocycles. The van der Waals surface area contributed by atoms with Crippen molar-refractivity contribution in [3.8, 4) is 11.5 Å². The van der Waals surface area contributed by atoms with Crippen molar-refractivity contribution < 1.29 is 4.74 Å². The maximum absolute atomic E-state index is 6.13. The van der Waals surface area contributed by atoms with Gasteiger partial charge in [0.15, 0.2) is 5.75 Å². The van der Waals surface area contributed by atoms with E-state index in [2.05, 4.69) is 32.9 Å². The van der Waals surface area contributed by atoms with Crippen LogP contribution in [0.1, 0.15) is 31.9 Å². The van der Waals surface area contributed by atoms with Crippen molar-refractivity contribution in [2.24, 2.45) is 0 Å². The molecular weight excluding hydrogens is 270 g/mol. The first-order chi connectivity index (χ1) is 9.29. The molecule has 0 amide bonds. The number of nitrogens with two attached hydrogens (primary N) is 1. The molecule has 0 heterocycles. The predicted octanol–water partition coefficient (Wildman–Crippen LogP) is 5.32. The summed E-state index contributed by atoms with van der Waals surface area (Å²) in [4.78, 5) is 0. The molecule has 0 radical (unpaired) electrons. The minimum absolute atomic E-state index is 0.118. The van der Waals surface area contributed by atoms with Crippen molar-refractivity contribution in [1.29, 1.82) is 0 Å². The highest BCUT2D eigenvalue weighted by Gasteiger charge is 2.15. The van der Waals surface area contributed by atoms with Crippen molar-refractivity contribution in [1.82, 2.24) is 0 Å². The summed E-state index contributed by atoms with van der Waals surface area (Å²) in [6.45, 7) is 8.59. The summed E-state index contributed by atoms with van der Waals surface area (Å²) in [6, 6.07) is 11.5. The Morgan fingerprint density at radius 1 is 1.10 bits per heavy atom. The Hall–Kier alpha value is -1.67. The summed E-state index contributed by atoms with van der Waals surface area (Å²) < 4.78 is 5.88. The van der Waals surface area contributed by atoms with Gasteiger partial charge in [-0.3, -0.25) is 0 Å². The number of aryl methyl sites for hydroxylation is 1. The van der Waals surface area contributed by atoms with Crippen molar-refractivity contribution >= 4 is 17.3 Å². The van der Waals surface area contributed by atoms with Gasteiger partial charge in [0.25, 0.3) is 0 Å². The topological polar surface area (TPSA) is 35.2 Å². The van der Waals surface area contributed by atoms with E-state index in [1.54, 1.807) is 18.2 Å². The lowest BCUT2D eigenvalue weighted by molar-refractivity contribution is 0.480. The number of benzene rings is 2. The molecule has 3 heteroatoms. The maximum atomic E-state index is 6.13. The standard InChI is InChI=1S/C17H20ClNO/c1-11-10-12(17(2,3)4)8-9-15(11)20-16-13(18)6-5-7-14(16)19/h5-10H,19H2,1-4H3. The van der Waals surface area contributed by atoms with Crippen molar-refractivity contribution in [3.63, 3.8) is 0 Å². The van der Waals surface area contributed by atoms with Crippen LogP contribution in [0.4, 0.5) is 5.69 Å². The molecule has 0 aliphatic carbocycles. The van der Waals surface area contributed by atoms with Crippen LogP contribution in [0.5, 0.6) is 11.5 Å². The Morgan fingerprint density at radius 2 is 1.80 bits per heavy atom. The van der Waals surface area contributed by atoms with Crippen molar-refractivity contribution in [2.75, 3.05) is 5.73 Å². The number of hydrogen-bond donors (Lipinski definition) is 1. The summed E-state index contributed by atoms with van der Waals surface area (Å²) in [7, 11) is 0. The van der Waals surface area contributed by atoms with E-state index in [1.165, 1.54) is 5.56 Å². The zero-order chi connectivity index (χ0) is 14.9. The molecule has 0 spiro atoms. The first-order valence-electron chi connectivity index (χ1n) is 6.62. The van der Waals surface area contributed by atoms with E-state index in [0.29, 0.717) is 16.5 Å². The fourth-order valence-corrected chi connectivity index (χ4v) is 2.19. The predicted molar refractivity (Wildman–Crippen MR) is 85.8 cm³/mol. The van der Waals surface area contributed by atoms with Crippen LogP contribution in [0.3, 0.4) is 0 Å². The second-order valence-electron chi connectivity index (χ2n) is 5.99. The fourth-order valence-electron chi connectivity index (χ4n) is 1.97. The van der Waals surface area contributed by atoms with Crippen molar-refractivity contribution in [2.45, 2.75) is 33.1 Å². The second-order valence-corrected chi connectivity index (χ2v) is 6.40. The Morgan fingerprint density at radius 3 is 2.35 bits per heavy atom. The molecule has 0 fully saturated rings. The van der Waals surface area contributed by atoms with Crippen molar-refractivity contribution in [3.05, 3.63) is 52.5 Å². The molecule has 0 bridgehead atoms. The molecule has 20 heavy (non-hydrogen) atoms. The van der Waals surface area contributed by atoms with Gasteiger partial charge < -0.3 is 10.5 Å². The highest BCUT2D eigenvalue weighted by molar-refractivity contribution is 6.32. The number of ether oxygens (including phenoxy) is 1. The largest absolute Gasteiger partial charge is 0.453 e. The van der Waals surface area contributed by atoms with E-state index >= 15 is 0 Å². The van der Waals surface area contributed by atoms with Gasteiger partial charge in [0.2, 0.25) is 0 Å². The molecule has 2 N–H and O–H groups in total. The molecule has 0 unspecified atom stereocenters. The number of para-hydroxylation sites is 1. The van der Waals surface area contributed by atoms with Crippen LogP contribution < -0.4 is 10.5 Å². The summed E-state index contributed by atoms with van der Waals surface area (Å²) in [5, 5.41) is 0.518. The van der Waals surface area contributed by atoms with Crippen LogP contribution in [0.25, 0.3) is 0 Å². The van der Waals surface area contributed by atoms with Crippen LogP contribution in [-0.2, 0) is 5.41 Å². The minimum atomic E-state index is 0.118. The SMILES string of the molecule is Cc1cc(C(C)(C)C)ccc1Oc1c(N)cccc1Cl. The van der Waals surface area contributed by atoms with Gasteiger partial charge in [0, 0.05) is 0 Å². The average Bonchev–Trinajstić information content (AvgIpc) is 2.34. The fraction of sp³-hybridized carbons (Fsp3) is 0.294. The monoisotopic (exact) mass is 289 g/mol. The van der Waals surface area contributed by atoms with Gasteiger partial charge in [-0.2, -0.15) is 0 Å². The van der Waals surface area contributed by atoms with Crippen LogP contribution >= 0.6 is 11.6 Å². The average molecular weight is 290 g/mol. The third-order valence-electron chi connectivity index (χ3n) is 3.25. The smallest absolute Gasteiger partial charge is 0.168 e. The van der Waals surface area contributed by atoms with E-state index in [4.69, 9.17) is 22.1 Å². The van der Waals surface area contributed by atoms with Gasteiger partial charge in [-0.1, -0.05) is 50.6 Å². The van der Waals surface area contributed by atoms with Crippen LogP contribution in [0.15, 0.2) is 36.4 Å². The van der Waals surface area contributed by atoms with Crippen LogP contribution in [-0.4, -0.2) is 0 Å². The molecule has 2 aromatic rings. The van der Waals surface area contributed by atoms with E-state index in [9.17, 15) is 0 Å². The molecule has 2 nitrogen and oxygen atoms in total. The minimum Gasteiger partial charge on any atom is -0.453 e. The number of anilines is 1. The Kier molecular flexibility index (Phi) is 3.96. The zero-order valence-corrected chi connectivity index (χ0v) is 13.1. The summed E-state index contributed by atoms with van der Waals surface area (Å²) in [5.74, 6) is 1.29. The first-order valence-corrected chi connectivity index (χ1v) is 7.00. The lowest BCUT2D eigenvalue weighted by Gasteiger charge is -2.21. The van der Waals surface area contributed by atoms with E-state index in [0.717, 1.165) is 11.3 Å². The lowest BCUT2D eigenvalue weighted by Crippen LogP contribution is -2.11. The van der Waals surface area contributed by atoms with Crippen LogP contribution in [0.2, 0.25) is 5.02 Å². The van der Waals surface area contributed by atoms with Gasteiger partial charge in [0.1, 0.15) is 5.75 Å². The maximum Gasteiger partial charge on any atom is 0.168 e. The third-order valence-corrected chi connectivity index (χ3v) is 3.55. The van der Waals surface area contributed by atoms with Crippen LogP contribution in [0, 0.1) is 6.92 Å². The number of hydrogen-bond acceptors (Lipinski definition) is 2. The lowest BCUT2D eigenvalue weighted by atomic mass is 9.86. The van der Waals surface area contributed by atoms with Gasteiger partial charge >= 0.3 is 0 Å². The molecular formula is C17H20ClNO. The van der Waals surface area contributed by atoms with E-state index in [1.807, 2.05) is 13.0 Å².